The summed E-state index contributed by atoms with van der Waals surface area (Å²) in [6.07, 6.45) is 4.65. The highest BCUT2D eigenvalue weighted by Gasteiger charge is 2.26. The second-order valence-corrected chi connectivity index (χ2v) is 6.80. The van der Waals surface area contributed by atoms with E-state index in [0.717, 1.165) is 47.3 Å². The molecule has 0 amide bonds. The summed E-state index contributed by atoms with van der Waals surface area (Å²) < 4.78 is 0. The van der Waals surface area contributed by atoms with Crippen LogP contribution in [0.1, 0.15) is 41.6 Å². The number of hydrogen-bond acceptors (Lipinski definition) is 3. The number of hydrogen-bond donors (Lipinski definition) is 2. The molecule has 2 aromatic rings. The lowest BCUT2D eigenvalue weighted by atomic mass is 9.86. The monoisotopic (exact) mass is 306 g/mol. The Balaban J connectivity index is 1.50. The van der Waals surface area contributed by atoms with E-state index in [9.17, 15) is 4.79 Å². The van der Waals surface area contributed by atoms with E-state index in [0.29, 0.717) is 12.0 Å². The van der Waals surface area contributed by atoms with Gasteiger partial charge in [-0.1, -0.05) is 30.3 Å². The van der Waals surface area contributed by atoms with Gasteiger partial charge in [-0.15, -0.1) is 0 Å². The summed E-state index contributed by atoms with van der Waals surface area (Å²) in [4.78, 5) is 12.5. The number of benzene rings is 2. The number of rotatable bonds is 3. The molecule has 0 radical (unpaired) electrons. The molecule has 2 aliphatic rings. The topological polar surface area (TPSA) is 55.1 Å². The third-order valence-electron chi connectivity index (χ3n) is 5.21. The van der Waals surface area contributed by atoms with Crippen molar-refractivity contribution in [2.45, 2.75) is 31.7 Å². The summed E-state index contributed by atoms with van der Waals surface area (Å²) in [5, 5.41) is 3.51. The first-order valence-corrected chi connectivity index (χ1v) is 8.50. The number of nitrogens with one attached hydrogen (secondary N) is 1. The highest BCUT2D eigenvalue weighted by atomic mass is 16.1. The first kappa shape index (κ1) is 14.5. The number of carbonyl (C=O) groups excluding carboxylic acids is 1. The van der Waals surface area contributed by atoms with E-state index in [2.05, 4.69) is 17.4 Å². The van der Waals surface area contributed by atoms with E-state index in [4.69, 9.17) is 5.73 Å². The van der Waals surface area contributed by atoms with Gasteiger partial charge in [-0.05, 0) is 54.9 Å². The fourth-order valence-corrected chi connectivity index (χ4v) is 3.79. The molecule has 3 heteroatoms. The zero-order chi connectivity index (χ0) is 15.8. The van der Waals surface area contributed by atoms with Gasteiger partial charge in [0.15, 0.2) is 5.78 Å². The van der Waals surface area contributed by atoms with Crippen molar-refractivity contribution in [1.29, 1.82) is 0 Å². The van der Waals surface area contributed by atoms with Crippen LogP contribution in [-0.2, 0) is 0 Å². The number of ketones is 1. The highest BCUT2D eigenvalue weighted by Crippen LogP contribution is 2.37. The molecule has 3 nitrogen and oxygen atoms in total. The lowest BCUT2D eigenvalue weighted by Gasteiger charge is -2.26. The number of nitrogens with two attached hydrogens (primary N) is 1. The molecule has 1 fully saturated rings. The van der Waals surface area contributed by atoms with Crippen molar-refractivity contribution in [3.8, 4) is 11.1 Å². The molecule has 0 saturated heterocycles. The van der Waals surface area contributed by atoms with E-state index in [-0.39, 0.29) is 5.78 Å². The smallest absolute Gasteiger partial charge is 0.194 e. The van der Waals surface area contributed by atoms with Crippen molar-refractivity contribution in [3.05, 3.63) is 53.6 Å². The maximum absolute atomic E-state index is 12.5. The van der Waals surface area contributed by atoms with Gasteiger partial charge in [0.25, 0.3) is 0 Å². The summed E-state index contributed by atoms with van der Waals surface area (Å²) in [6.45, 7) is 0.965. The van der Waals surface area contributed by atoms with Crippen molar-refractivity contribution in [3.63, 3.8) is 0 Å². The Morgan fingerprint density at radius 1 is 0.913 bits per heavy atom. The average Bonchev–Trinajstić information content (AvgIpc) is 2.87. The number of anilines is 1. The van der Waals surface area contributed by atoms with Crippen LogP contribution in [0.3, 0.4) is 0 Å². The van der Waals surface area contributed by atoms with Gasteiger partial charge in [-0.25, -0.2) is 0 Å². The van der Waals surface area contributed by atoms with E-state index in [1.165, 1.54) is 12.8 Å². The minimum atomic E-state index is 0.142. The molecule has 0 bridgehead atoms. The van der Waals surface area contributed by atoms with Gasteiger partial charge < -0.3 is 11.1 Å². The Hall–Kier alpha value is -2.13. The molecule has 3 N–H and O–H groups in total. The highest BCUT2D eigenvalue weighted by molar-refractivity contribution is 6.22. The van der Waals surface area contributed by atoms with Gasteiger partial charge in [0.1, 0.15) is 0 Å². The standard InChI is InChI=1S/C20H22N2O/c21-14-7-5-13(6-8-14)12-22-15-9-10-17-16-3-1-2-4-18(16)20(23)19(17)11-15/h1-4,9-11,13-14,22H,5-8,12,21H2/t13-,14-. The summed E-state index contributed by atoms with van der Waals surface area (Å²) in [5.41, 5.74) is 10.8. The summed E-state index contributed by atoms with van der Waals surface area (Å²) >= 11 is 0. The minimum absolute atomic E-state index is 0.142. The summed E-state index contributed by atoms with van der Waals surface area (Å²) in [5.74, 6) is 0.832. The molecular formula is C20H22N2O. The third kappa shape index (κ3) is 2.66. The van der Waals surface area contributed by atoms with Crippen LogP contribution < -0.4 is 11.1 Å². The van der Waals surface area contributed by atoms with Gasteiger partial charge in [-0.2, -0.15) is 0 Å². The predicted octanol–water partition coefficient (Wildman–Crippen LogP) is 3.83. The van der Waals surface area contributed by atoms with Crippen molar-refractivity contribution in [1.82, 2.24) is 0 Å². The van der Waals surface area contributed by atoms with Gasteiger partial charge >= 0.3 is 0 Å². The zero-order valence-corrected chi connectivity index (χ0v) is 13.2. The molecule has 0 heterocycles. The van der Waals surface area contributed by atoms with Crippen LogP contribution >= 0.6 is 0 Å². The van der Waals surface area contributed by atoms with Gasteiger partial charge in [0.05, 0.1) is 0 Å². The number of carbonyl (C=O) groups is 1. The third-order valence-corrected chi connectivity index (χ3v) is 5.21. The Bertz CT molecular complexity index is 745. The molecule has 4 rings (SSSR count). The zero-order valence-electron chi connectivity index (χ0n) is 13.2. The SMILES string of the molecule is N[C@H]1CC[C@H](CNc2ccc3c(c2)C(=O)c2ccccc2-3)CC1. The second-order valence-electron chi connectivity index (χ2n) is 6.80. The van der Waals surface area contributed by atoms with Crippen LogP contribution in [0.4, 0.5) is 5.69 Å². The maximum atomic E-state index is 12.5. The van der Waals surface area contributed by atoms with Crippen LogP contribution in [0, 0.1) is 5.92 Å². The molecule has 2 aromatic carbocycles. The molecule has 23 heavy (non-hydrogen) atoms. The molecule has 0 aromatic heterocycles. The Morgan fingerprint density at radius 2 is 1.61 bits per heavy atom. The fourth-order valence-electron chi connectivity index (χ4n) is 3.79. The lowest BCUT2D eigenvalue weighted by molar-refractivity contribution is 0.104. The van der Waals surface area contributed by atoms with E-state index in [1.807, 2.05) is 30.3 Å². The molecule has 0 atom stereocenters. The molecule has 0 aliphatic heterocycles. The summed E-state index contributed by atoms with van der Waals surface area (Å²) in [7, 11) is 0. The van der Waals surface area contributed by atoms with E-state index >= 15 is 0 Å². The maximum Gasteiger partial charge on any atom is 0.194 e. The molecular weight excluding hydrogens is 284 g/mol. The van der Waals surface area contributed by atoms with Crippen molar-refractivity contribution >= 4 is 11.5 Å². The van der Waals surface area contributed by atoms with Crippen molar-refractivity contribution < 1.29 is 4.79 Å². The predicted molar refractivity (Wildman–Crippen MR) is 93.7 cm³/mol. The van der Waals surface area contributed by atoms with Crippen LogP contribution in [0.25, 0.3) is 11.1 Å². The normalized spacial score (nSPS) is 22.6. The molecule has 2 aliphatic carbocycles. The van der Waals surface area contributed by atoms with Crippen LogP contribution in [0.5, 0.6) is 0 Å². The Morgan fingerprint density at radius 3 is 2.39 bits per heavy atom. The lowest BCUT2D eigenvalue weighted by Crippen LogP contribution is -2.29. The number of fused-ring (bicyclic) bond motifs is 3. The van der Waals surface area contributed by atoms with Gasteiger partial charge in [0.2, 0.25) is 0 Å². The van der Waals surface area contributed by atoms with Crippen LogP contribution in [0.15, 0.2) is 42.5 Å². The van der Waals surface area contributed by atoms with Gasteiger partial charge in [0, 0.05) is 29.4 Å². The first-order valence-electron chi connectivity index (χ1n) is 8.50. The first-order chi connectivity index (χ1) is 11.2. The summed E-state index contributed by atoms with van der Waals surface area (Å²) in [6, 6.07) is 14.4. The quantitative estimate of drug-likeness (QED) is 0.773. The Kier molecular flexibility index (Phi) is 3.66. The second kappa shape index (κ2) is 5.82. The average molecular weight is 306 g/mol. The van der Waals surface area contributed by atoms with Gasteiger partial charge in [-0.3, -0.25) is 4.79 Å². The van der Waals surface area contributed by atoms with E-state index in [1.54, 1.807) is 0 Å². The molecule has 0 spiro atoms. The fraction of sp³-hybridized carbons (Fsp3) is 0.350. The van der Waals surface area contributed by atoms with Crippen molar-refractivity contribution in [2.75, 3.05) is 11.9 Å². The molecule has 0 unspecified atom stereocenters. The van der Waals surface area contributed by atoms with Crippen LogP contribution in [0.2, 0.25) is 0 Å². The minimum Gasteiger partial charge on any atom is -0.385 e. The molecule has 118 valence electrons. The Labute approximate surface area is 136 Å². The van der Waals surface area contributed by atoms with Crippen LogP contribution in [-0.4, -0.2) is 18.4 Å². The van der Waals surface area contributed by atoms with Crippen molar-refractivity contribution in [2.24, 2.45) is 11.7 Å². The largest absolute Gasteiger partial charge is 0.385 e. The van der Waals surface area contributed by atoms with E-state index < -0.39 is 0 Å². The molecule has 1 saturated carbocycles.